The second kappa shape index (κ2) is 13.0. The number of carboxylic acid groups (broad SMARTS) is 1. The Morgan fingerprint density at radius 2 is 1.85 bits per heavy atom. The van der Waals surface area contributed by atoms with Gasteiger partial charge < -0.3 is 10.0 Å². The molecule has 0 saturated heterocycles. The third-order valence-electron chi connectivity index (χ3n) is 6.97. The van der Waals surface area contributed by atoms with E-state index in [4.69, 9.17) is 5.11 Å². The molecule has 0 bridgehead atoms. The van der Waals surface area contributed by atoms with Gasteiger partial charge in [-0.1, -0.05) is 83.7 Å². The summed E-state index contributed by atoms with van der Waals surface area (Å²) in [6.07, 6.45) is 13.4. The minimum absolute atomic E-state index is 0.0826. The maximum absolute atomic E-state index is 11.1. The number of thiazole rings is 1. The molecule has 5 nitrogen and oxygen atoms in total. The molecule has 41 heavy (non-hydrogen) atoms. The van der Waals surface area contributed by atoms with Crippen molar-refractivity contribution in [2.24, 2.45) is 0 Å². The number of aromatic nitrogens is 1. The van der Waals surface area contributed by atoms with Crippen molar-refractivity contribution in [3.8, 4) is 0 Å². The van der Waals surface area contributed by atoms with E-state index in [-0.39, 0.29) is 6.42 Å². The summed E-state index contributed by atoms with van der Waals surface area (Å²) in [5.41, 5.74) is 8.43. The number of anilines is 1. The molecule has 0 aliphatic carbocycles. The second-order valence-corrected chi connectivity index (χ2v) is 11.3. The first-order chi connectivity index (χ1) is 19.9. The highest BCUT2D eigenvalue weighted by Gasteiger charge is 2.20. The zero-order valence-corrected chi connectivity index (χ0v) is 24.4. The number of thiol groups is 1. The number of rotatable bonds is 10. The fourth-order valence-electron chi connectivity index (χ4n) is 4.76. The Bertz CT molecular complexity index is 1710. The van der Waals surface area contributed by atoms with Crippen LogP contribution in [-0.4, -0.2) is 23.9 Å². The third kappa shape index (κ3) is 6.76. The SMILES string of the molecule is CC(/C=C/c1sc2cc(CS)ccc2[n+]1Cc1ccc(C=O)cc1)=C\C=C1/C=CN(CCC(=O)O)c2ccccc21. The van der Waals surface area contributed by atoms with Crippen molar-refractivity contribution in [1.29, 1.82) is 0 Å². The van der Waals surface area contributed by atoms with Crippen LogP contribution in [-0.2, 0) is 17.1 Å². The number of carbonyl (C=O) groups excluding carboxylic acids is 1. The monoisotopic (exact) mass is 579 g/mol. The lowest BCUT2D eigenvalue weighted by atomic mass is 9.99. The summed E-state index contributed by atoms with van der Waals surface area (Å²) >= 11 is 6.21. The molecule has 7 heteroatoms. The molecule has 3 aromatic carbocycles. The highest BCUT2D eigenvalue weighted by atomic mass is 32.1. The Labute approximate surface area is 249 Å². The summed E-state index contributed by atoms with van der Waals surface area (Å²) in [6.45, 7) is 3.21. The van der Waals surface area contributed by atoms with Gasteiger partial charge in [0.1, 0.15) is 11.0 Å². The van der Waals surface area contributed by atoms with Crippen molar-refractivity contribution < 1.29 is 19.3 Å². The van der Waals surface area contributed by atoms with Crippen LogP contribution in [0.2, 0.25) is 0 Å². The predicted molar refractivity (Wildman–Crippen MR) is 172 cm³/mol. The molecule has 0 amide bonds. The van der Waals surface area contributed by atoms with Gasteiger partial charge in [0.15, 0.2) is 6.54 Å². The summed E-state index contributed by atoms with van der Waals surface area (Å²) in [7, 11) is 0. The Kier molecular flexibility index (Phi) is 8.97. The van der Waals surface area contributed by atoms with Crippen LogP contribution in [0.25, 0.3) is 21.9 Å². The minimum Gasteiger partial charge on any atom is -0.481 e. The van der Waals surface area contributed by atoms with E-state index in [2.05, 4.69) is 72.7 Å². The van der Waals surface area contributed by atoms with Gasteiger partial charge in [0.25, 0.3) is 5.01 Å². The molecule has 1 aromatic heterocycles. The molecule has 206 valence electrons. The molecular formula is C34H31N2O3S2+. The minimum atomic E-state index is -0.805. The van der Waals surface area contributed by atoms with Gasteiger partial charge in [-0.15, -0.1) is 0 Å². The van der Waals surface area contributed by atoms with Crippen LogP contribution in [0.5, 0.6) is 0 Å². The van der Waals surface area contributed by atoms with Crippen molar-refractivity contribution in [3.63, 3.8) is 0 Å². The van der Waals surface area contributed by atoms with Crippen molar-refractivity contribution in [3.05, 3.63) is 130 Å². The molecule has 0 atom stereocenters. The second-order valence-electron chi connectivity index (χ2n) is 9.88. The normalized spacial score (nSPS) is 14.2. The van der Waals surface area contributed by atoms with E-state index in [1.54, 1.807) is 11.3 Å². The maximum Gasteiger partial charge on any atom is 0.305 e. The summed E-state index contributed by atoms with van der Waals surface area (Å²) in [6, 6.07) is 22.3. The van der Waals surface area contributed by atoms with Gasteiger partial charge >= 0.3 is 5.97 Å². The first kappa shape index (κ1) is 28.3. The molecule has 0 radical (unpaired) electrons. The number of hydrogen-bond donors (Lipinski definition) is 2. The van der Waals surface area contributed by atoms with E-state index >= 15 is 0 Å². The average molecular weight is 580 g/mol. The zero-order valence-electron chi connectivity index (χ0n) is 22.7. The Balaban J connectivity index is 1.42. The van der Waals surface area contributed by atoms with E-state index in [0.717, 1.165) is 39.3 Å². The largest absolute Gasteiger partial charge is 0.481 e. The Hall–Kier alpha value is -4.20. The van der Waals surface area contributed by atoms with Gasteiger partial charge in [0.2, 0.25) is 5.52 Å². The van der Waals surface area contributed by atoms with Crippen LogP contribution in [0.3, 0.4) is 0 Å². The average Bonchev–Trinajstić information content (AvgIpc) is 3.34. The number of allylic oxidation sites excluding steroid dienone is 6. The van der Waals surface area contributed by atoms with Crippen LogP contribution in [0.1, 0.15) is 45.4 Å². The molecule has 4 aromatic rings. The first-order valence-corrected chi connectivity index (χ1v) is 14.8. The van der Waals surface area contributed by atoms with Gasteiger partial charge in [0.05, 0.1) is 6.42 Å². The smallest absolute Gasteiger partial charge is 0.305 e. The predicted octanol–water partition coefficient (Wildman–Crippen LogP) is 7.33. The summed E-state index contributed by atoms with van der Waals surface area (Å²) in [5.74, 6) is -0.113. The van der Waals surface area contributed by atoms with Crippen LogP contribution >= 0.6 is 24.0 Å². The fourth-order valence-corrected chi connectivity index (χ4v) is 6.09. The number of nitrogens with zero attached hydrogens (tertiary/aromatic N) is 2. The van der Waals surface area contributed by atoms with Crippen LogP contribution in [0.4, 0.5) is 5.69 Å². The molecule has 2 heterocycles. The number of fused-ring (bicyclic) bond motifs is 2. The van der Waals surface area contributed by atoms with Crippen LogP contribution < -0.4 is 9.47 Å². The van der Waals surface area contributed by atoms with E-state index in [1.165, 1.54) is 15.8 Å². The molecule has 1 aliphatic rings. The summed E-state index contributed by atoms with van der Waals surface area (Å²) in [4.78, 5) is 24.2. The van der Waals surface area contributed by atoms with Gasteiger partial charge in [-0.25, -0.2) is 0 Å². The first-order valence-electron chi connectivity index (χ1n) is 13.4. The van der Waals surface area contributed by atoms with Crippen LogP contribution in [0.15, 0.2) is 103 Å². The number of hydrogen-bond acceptors (Lipinski definition) is 5. The highest BCUT2D eigenvalue weighted by molar-refractivity contribution is 7.79. The number of aliphatic carboxylic acids is 1. The fraction of sp³-hybridized carbons (Fsp3) is 0.147. The molecule has 0 saturated carbocycles. The standard InChI is InChI=1S/C34H30N2O3S2/c1-24(6-13-28-16-18-35(19-17-34(38)39)30-5-3-2-4-29(28)30)7-15-33-36(21-25-8-10-26(22-37)11-9-25)31-14-12-27(23-40)20-32(31)41-33/h2-16,18,20,22H,17,19,21,23H2,1H3,(H-,38,39,40)/p+1. The highest BCUT2D eigenvalue weighted by Crippen LogP contribution is 2.33. The maximum atomic E-state index is 11.1. The third-order valence-corrected chi connectivity index (χ3v) is 8.45. The summed E-state index contributed by atoms with van der Waals surface area (Å²) in [5, 5.41) is 10.2. The van der Waals surface area contributed by atoms with Gasteiger partial charge in [-0.05, 0) is 36.3 Å². The molecular weight excluding hydrogens is 549 g/mol. The zero-order chi connectivity index (χ0) is 28.8. The molecule has 0 fully saturated rings. The lowest BCUT2D eigenvalue weighted by molar-refractivity contribution is -0.659. The quantitative estimate of drug-likeness (QED) is 0.0894. The molecule has 1 N–H and O–H groups in total. The van der Waals surface area contributed by atoms with Crippen LogP contribution in [0, 0.1) is 0 Å². The van der Waals surface area contributed by atoms with Gasteiger partial charge in [-0.3, -0.25) is 9.59 Å². The lowest BCUT2D eigenvalue weighted by Crippen LogP contribution is -2.35. The van der Waals surface area contributed by atoms with E-state index in [9.17, 15) is 9.59 Å². The van der Waals surface area contributed by atoms with Crippen molar-refractivity contribution >= 4 is 63.8 Å². The van der Waals surface area contributed by atoms with Crippen molar-refractivity contribution in [2.45, 2.75) is 25.6 Å². The number of carboxylic acids is 1. The van der Waals surface area contributed by atoms with Gasteiger partial charge in [0, 0.05) is 53.0 Å². The Morgan fingerprint density at radius 3 is 2.61 bits per heavy atom. The number of para-hydroxylation sites is 1. The van der Waals surface area contributed by atoms with E-state index in [1.807, 2.05) is 59.6 Å². The Morgan fingerprint density at radius 1 is 1.07 bits per heavy atom. The molecule has 0 unspecified atom stereocenters. The van der Waals surface area contributed by atoms with Crippen molar-refractivity contribution in [1.82, 2.24) is 0 Å². The number of carbonyl (C=O) groups is 2. The number of benzene rings is 3. The van der Waals surface area contributed by atoms with Gasteiger partial charge in [-0.2, -0.15) is 17.2 Å². The topological polar surface area (TPSA) is 61.5 Å². The lowest BCUT2D eigenvalue weighted by Gasteiger charge is -2.27. The van der Waals surface area contributed by atoms with Crippen molar-refractivity contribution in [2.75, 3.05) is 11.4 Å². The molecule has 1 aliphatic heterocycles. The molecule has 5 rings (SSSR count). The van der Waals surface area contributed by atoms with E-state index < -0.39 is 5.97 Å². The van der Waals surface area contributed by atoms with E-state index in [0.29, 0.717) is 24.4 Å². The number of aldehydes is 1. The molecule has 0 spiro atoms. The summed E-state index contributed by atoms with van der Waals surface area (Å²) < 4.78 is 3.52.